The average molecular weight is 371 g/mol. The van der Waals surface area contributed by atoms with Crippen LogP contribution in [0.4, 0.5) is 0 Å². The van der Waals surface area contributed by atoms with Crippen LogP contribution < -0.4 is 10.3 Å². The molecular formula is C20H19ClN2O3. The van der Waals surface area contributed by atoms with Crippen LogP contribution in [0.5, 0.6) is 5.75 Å². The van der Waals surface area contributed by atoms with E-state index in [1.807, 2.05) is 36.4 Å². The van der Waals surface area contributed by atoms with Gasteiger partial charge in [-0.15, -0.1) is 0 Å². The van der Waals surface area contributed by atoms with Gasteiger partial charge in [-0.1, -0.05) is 23.7 Å². The van der Waals surface area contributed by atoms with Crippen LogP contribution in [0.25, 0.3) is 11.3 Å². The molecule has 134 valence electrons. The monoisotopic (exact) mass is 370 g/mol. The molecule has 0 unspecified atom stereocenters. The van der Waals surface area contributed by atoms with Gasteiger partial charge in [0.15, 0.2) is 0 Å². The highest BCUT2D eigenvalue weighted by Crippen LogP contribution is 2.20. The Balaban J connectivity index is 1.78. The third-order valence-corrected chi connectivity index (χ3v) is 4.07. The number of benzene rings is 2. The van der Waals surface area contributed by atoms with Crippen molar-refractivity contribution < 1.29 is 9.47 Å². The van der Waals surface area contributed by atoms with E-state index < -0.39 is 0 Å². The first-order valence-electron chi connectivity index (χ1n) is 8.20. The van der Waals surface area contributed by atoms with Crippen molar-refractivity contribution in [3.05, 3.63) is 81.6 Å². The van der Waals surface area contributed by atoms with Gasteiger partial charge in [-0.2, -0.15) is 5.10 Å². The number of hydrogen-bond donors (Lipinski definition) is 0. The highest BCUT2D eigenvalue weighted by molar-refractivity contribution is 6.30. The normalized spacial score (nSPS) is 10.7. The molecule has 0 radical (unpaired) electrons. The first-order valence-corrected chi connectivity index (χ1v) is 8.58. The predicted molar refractivity (Wildman–Crippen MR) is 102 cm³/mol. The van der Waals surface area contributed by atoms with Crippen molar-refractivity contribution in [3.63, 3.8) is 0 Å². The summed E-state index contributed by atoms with van der Waals surface area (Å²) in [6.45, 7) is 1.43. The molecule has 3 aromatic rings. The van der Waals surface area contributed by atoms with Crippen molar-refractivity contribution in [1.82, 2.24) is 9.78 Å². The van der Waals surface area contributed by atoms with Gasteiger partial charge in [0.05, 0.1) is 18.8 Å². The van der Waals surface area contributed by atoms with Gasteiger partial charge >= 0.3 is 0 Å². The quantitative estimate of drug-likeness (QED) is 0.596. The molecule has 1 aromatic heterocycles. The second-order valence-corrected chi connectivity index (χ2v) is 6.14. The zero-order valence-electron chi connectivity index (χ0n) is 14.4. The first-order chi connectivity index (χ1) is 12.7. The Bertz CT molecular complexity index is 906. The Morgan fingerprint density at radius 1 is 0.962 bits per heavy atom. The molecule has 0 saturated heterocycles. The van der Waals surface area contributed by atoms with E-state index in [1.54, 1.807) is 25.3 Å². The largest absolute Gasteiger partial charge is 0.491 e. The molecule has 0 aliphatic heterocycles. The summed E-state index contributed by atoms with van der Waals surface area (Å²) in [7, 11) is 1.64. The van der Waals surface area contributed by atoms with E-state index in [0.717, 1.165) is 22.6 Å². The number of ether oxygens (including phenoxy) is 2. The SMILES string of the molecule is COCCOc1ccc(-c2ccc(=O)n(Cc3ccc(Cl)cc3)n2)cc1. The summed E-state index contributed by atoms with van der Waals surface area (Å²) >= 11 is 5.90. The van der Waals surface area contributed by atoms with E-state index in [0.29, 0.717) is 24.8 Å². The van der Waals surface area contributed by atoms with Crippen LogP contribution in [0.3, 0.4) is 0 Å². The van der Waals surface area contributed by atoms with Crippen molar-refractivity contribution in [2.45, 2.75) is 6.54 Å². The van der Waals surface area contributed by atoms with Crippen molar-refractivity contribution >= 4 is 11.6 Å². The number of nitrogens with zero attached hydrogens (tertiary/aromatic N) is 2. The van der Waals surface area contributed by atoms with Crippen LogP contribution in [0.2, 0.25) is 5.02 Å². The molecule has 26 heavy (non-hydrogen) atoms. The zero-order valence-corrected chi connectivity index (χ0v) is 15.1. The van der Waals surface area contributed by atoms with Gasteiger partial charge in [-0.3, -0.25) is 4.79 Å². The van der Waals surface area contributed by atoms with Gasteiger partial charge in [0.1, 0.15) is 12.4 Å². The van der Waals surface area contributed by atoms with Gasteiger partial charge in [0, 0.05) is 23.8 Å². The highest BCUT2D eigenvalue weighted by atomic mass is 35.5. The zero-order chi connectivity index (χ0) is 18.4. The minimum atomic E-state index is -0.150. The smallest absolute Gasteiger partial charge is 0.267 e. The van der Waals surface area contributed by atoms with Crippen LogP contribution in [0, 0.1) is 0 Å². The molecule has 0 saturated carbocycles. The second-order valence-electron chi connectivity index (χ2n) is 5.71. The summed E-state index contributed by atoms with van der Waals surface area (Å²) in [4.78, 5) is 12.1. The predicted octanol–water partition coefficient (Wildman–Crippen LogP) is 3.64. The van der Waals surface area contributed by atoms with E-state index in [1.165, 1.54) is 10.7 Å². The van der Waals surface area contributed by atoms with Crippen LogP contribution in [0.15, 0.2) is 65.5 Å². The Kier molecular flexibility index (Phi) is 6.04. The fourth-order valence-corrected chi connectivity index (χ4v) is 2.57. The summed E-state index contributed by atoms with van der Waals surface area (Å²) in [6, 6.07) is 18.2. The highest BCUT2D eigenvalue weighted by Gasteiger charge is 2.05. The molecule has 0 bridgehead atoms. The number of methoxy groups -OCH3 is 1. The molecule has 0 aliphatic rings. The lowest BCUT2D eigenvalue weighted by atomic mass is 10.1. The molecule has 2 aromatic carbocycles. The Labute approximate surface area is 156 Å². The van der Waals surface area contributed by atoms with Crippen LogP contribution in [-0.2, 0) is 11.3 Å². The van der Waals surface area contributed by atoms with Crippen molar-refractivity contribution in [2.75, 3.05) is 20.3 Å². The summed E-state index contributed by atoms with van der Waals surface area (Å²) in [5.74, 6) is 0.764. The lowest BCUT2D eigenvalue weighted by molar-refractivity contribution is 0.146. The molecular weight excluding hydrogens is 352 g/mol. The van der Waals surface area contributed by atoms with Crippen molar-refractivity contribution in [1.29, 1.82) is 0 Å². The lowest BCUT2D eigenvalue weighted by Gasteiger charge is -2.09. The molecule has 6 heteroatoms. The fraction of sp³-hybridized carbons (Fsp3) is 0.200. The van der Waals surface area contributed by atoms with E-state index in [2.05, 4.69) is 5.10 Å². The second kappa shape index (κ2) is 8.65. The minimum absolute atomic E-state index is 0.150. The molecule has 0 amide bonds. The Hall–Kier alpha value is -2.63. The summed E-state index contributed by atoms with van der Waals surface area (Å²) in [5.41, 5.74) is 2.45. The maximum Gasteiger partial charge on any atom is 0.267 e. The Morgan fingerprint density at radius 3 is 2.38 bits per heavy atom. The van der Waals surface area contributed by atoms with Gasteiger partial charge in [0.25, 0.3) is 5.56 Å². The Morgan fingerprint density at radius 2 is 1.69 bits per heavy atom. The maximum atomic E-state index is 12.1. The fourth-order valence-electron chi connectivity index (χ4n) is 2.44. The van der Waals surface area contributed by atoms with Crippen LogP contribution >= 0.6 is 11.6 Å². The third-order valence-electron chi connectivity index (χ3n) is 3.82. The van der Waals surface area contributed by atoms with E-state index in [9.17, 15) is 4.79 Å². The lowest BCUT2D eigenvalue weighted by Crippen LogP contribution is -2.22. The molecule has 0 atom stereocenters. The molecule has 3 rings (SSSR count). The van der Waals surface area contributed by atoms with E-state index in [-0.39, 0.29) is 5.56 Å². The van der Waals surface area contributed by atoms with Crippen molar-refractivity contribution in [3.8, 4) is 17.0 Å². The topological polar surface area (TPSA) is 53.4 Å². The van der Waals surface area contributed by atoms with E-state index >= 15 is 0 Å². The average Bonchev–Trinajstić information content (AvgIpc) is 2.66. The number of hydrogen-bond acceptors (Lipinski definition) is 4. The summed E-state index contributed by atoms with van der Waals surface area (Å²) in [6.07, 6.45) is 0. The van der Waals surface area contributed by atoms with Gasteiger partial charge < -0.3 is 9.47 Å². The standard InChI is InChI=1S/C20H19ClN2O3/c1-25-12-13-26-18-8-4-16(5-9-18)19-10-11-20(24)23(22-19)14-15-2-6-17(21)7-3-15/h2-11H,12-14H2,1H3. The molecule has 0 spiro atoms. The van der Waals surface area contributed by atoms with Crippen LogP contribution in [-0.4, -0.2) is 30.1 Å². The van der Waals surface area contributed by atoms with Gasteiger partial charge in [-0.25, -0.2) is 4.68 Å². The summed E-state index contributed by atoms with van der Waals surface area (Å²) in [5, 5.41) is 5.14. The molecule has 1 heterocycles. The summed E-state index contributed by atoms with van der Waals surface area (Å²) < 4.78 is 12.0. The number of rotatable bonds is 7. The molecule has 0 aliphatic carbocycles. The minimum Gasteiger partial charge on any atom is -0.491 e. The first kappa shape index (κ1) is 18.2. The molecule has 0 fully saturated rings. The number of halogens is 1. The maximum absolute atomic E-state index is 12.1. The van der Waals surface area contributed by atoms with E-state index in [4.69, 9.17) is 21.1 Å². The number of aromatic nitrogens is 2. The third kappa shape index (κ3) is 4.71. The van der Waals surface area contributed by atoms with Crippen LogP contribution in [0.1, 0.15) is 5.56 Å². The van der Waals surface area contributed by atoms with Gasteiger partial charge in [0.2, 0.25) is 0 Å². The molecule has 5 nitrogen and oxygen atoms in total. The van der Waals surface area contributed by atoms with Crippen molar-refractivity contribution in [2.24, 2.45) is 0 Å². The van der Waals surface area contributed by atoms with Gasteiger partial charge in [-0.05, 0) is 48.0 Å². The molecule has 0 N–H and O–H groups in total.